The normalized spacial score (nSPS) is 12.3. The zero-order valence-electron chi connectivity index (χ0n) is 18.4. The van der Waals surface area contributed by atoms with Crippen molar-refractivity contribution >= 4 is 5.65 Å². The summed E-state index contributed by atoms with van der Waals surface area (Å²) in [5, 5.41) is 4.28. The van der Waals surface area contributed by atoms with E-state index in [1.54, 1.807) is 25.1 Å². The number of halogens is 6. The van der Waals surface area contributed by atoms with Crippen molar-refractivity contribution in [1.29, 1.82) is 0 Å². The predicted molar refractivity (Wildman–Crippen MR) is 120 cm³/mol. The Morgan fingerprint density at radius 1 is 0.722 bits per heavy atom. The first-order valence-electron chi connectivity index (χ1n) is 10.6. The van der Waals surface area contributed by atoms with E-state index in [0.717, 1.165) is 12.3 Å². The summed E-state index contributed by atoms with van der Waals surface area (Å²) in [6, 6.07) is 14.5. The molecule has 0 spiro atoms. The molecule has 36 heavy (non-hydrogen) atoms. The number of aromatic nitrogens is 5. The molecule has 1 aromatic carbocycles. The number of benzene rings is 1. The number of hydrogen-bond donors (Lipinski definition) is 0. The van der Waals surface area contributed by atoms with Crippen molar-refractivity contribution in [3.8, 4) is 33.8 Å². The quantitative estimate of drug-likeness (QED) is 0.254. The zero-order valence-corrected chi connectivity index (χ0v) is 18.4. The average Bonchev–Trinajstić information content (AvgIpc) is 3.27. The first-order chi connectivity index (χ1) is 17.0. The lowest BCUT2D eigenvalue weighted by atomic mass is 10.0. The molecule has 182 valence electrons. The van der Waals surface area contributed by atoms with Crippen molar-refractivity contribution in [3.63, 3.8) is 0 Å². The molecule has 5 rings (SSSR count). The van der Waals surface area contributed by atoms with Crippen molar-refractivity contribution in [2.24, 2.45) is 0 Å². The molecule has 0 atom stereocenters. The van der Waals surface area contributed by atoms with Gasteiger partial charge >= 0.3 is 12.4 Å². The molecule has 0 amide bonds. The Hall–Kier alpha value is -4.28. The first-order valence-corrected chi connectivity index (χ1v) is 10.6. The zero-order chi connectivity index (χ0) is 25.7. The lowest BCUT2D eigenvalue weighted by Crippen LogP contribution is -2.10. The van der Waals surface area contributed by atoms with Gasteiger partial charge in [0.15, 0.2) is 11.3 Å². The number of nitrogens with zero attached hydrogens (tertiary/aromatic N) is 5. The molecule has 0 N–H and O–H groups in total. The Balaban J connectivity index is 1.56. The molecule has 5 aromatic rings. The highest BCUT2D eigenvalue weighted by molar-refractivity contribution is 5.73. The van der Waals surface area contributed by atoms with Gasteiger partial charge in [0.25, 0.3) is 0 Å². The van der Waals surface area contributed by atoms with Crippen LogP contribution in [0.4, 0.5) is 26.3 Å². The third kappa shape index (κ3) is 4.39. The van der Waals surface area contributed by atoms with Gasteiger partial charge in [0.05, 0.1) is 23.3 Å². The number of pyridine rings is 2. The molecule has 0 saturated carbocycles. The molecule has 0 aliphatic carbocycles. The minimum atomic E-state index is -4.65. The van der Waals surface area contributed by atoms with Crippen LogP contribution in [0.3, 0.4) is 0 Å². The lowest BCUT2D eigenvalue weighted by molar-refractivity contribution is -0.141. The molecule has 0 aliphatic heterocycles. The molecule has 0 radical (unpaired) electrons. The molecular formula is C25H15F6N5. The van der Waals surface area contributed by atoms with Gasteiger partial charge < -0.3 is 0 Å². The lowest BCUT2D eigenvalue weighted by Gasteiger charge is -2.11. The van der Waals surface area contributed by atoms with Gasteiger partial charge in [-0.2, -0.15) is 31.4 Å². The van der Waals surface area contributed by atoms with Gasteiger partial charge in [-0.05, 0) is 55.0 Å². The summed E-state index contributed by atoms with van der Waals surface area (Å²) in [6.45, 7) is 1.75. The van der Waals surface area contributed by atoms with Gasteiger partial charge in [-0.3, -0.25) is 4.98 Å². The summed E-state index contributed by atoms with van der Waals surface area (Å²) < 4.78 is 81.0. The summed E-state index contributed by atoms with van der Waals surface area (Å²) >= 11 is 0. The third-order valence-corrected chi connectivity index (χ3v) is 5.52. The van der Waals surface area contributed by atoms with E-state index in [-0.39, 0.29) is 17.0 Å². The van der Waals surface area contributed by atoms with E-state index in [9.17, 15) is 26.3 Å². The highest BCUT2D eigenvalue weighted by Crippen LogP contribution is 2.35. The standard InChI is InChI=1S/C25H15F6N5/c1-14-7-8-15(12-17(14)18-5-2-6-21(33-18)24(26,27)28)20-13-36-22(34-20)10-9-19(35-36)16-4-3-11-32-23(16)25(29,30)31/h2-13H,1H3. The Labute approximate surface area is 200 Å². The molecule has 0 bridgehead atoms. The van der Waals surface area contributed by atoms with Crippen molar-refractivity contribution < 1.29 is 26.3 Å². The highest BCUT2D eigenvalue weighted by atomic mass is 19.4. The monoisotopic (exact) mass is 499 g/mol. The summed E-state index contributed by atoms with van der Waals surface area (Å²) in [5.74, 6) is 0. The van der Waals surface area contributed by atoms with Gasteiger partial charge in [-0.15, -0.1) is 0 Å². The summed E-state index contributed by atoms with van der Waals surface area (Å²) in [7, 11) is 0. The summed E-state index contributed by atoms with van der Waals surface area (Å²) in [5.41, 5.74) is 0.613. The highest BCUT2D eigenvalue weighted by Gasteiger charge is 2.36. The molecule has 0 saturated heterocycles. The Bertz CT molecular complexity index is 1590. The molecule has 4 aromatic heterocycles. The van der Waals surface area contributed by atoms with E-state index >= 15 is 0 Å². The van der Waals surface area contributed by atoms with Crippen LogP contribution in [-0.2, 0) is 12.4 Å². The molecular weight excluding hydrogens is 484 g/mol. The van der Waals surface area contributed by atoms with Crippen LogP contribution in [0.5, 0.6) is 0 Å². The van der Waals surface area contributed by atoms with Crippen molar-refractivity contribution in [3.05, 3.63) is 90.0 Å². The van der Waals surface area contributed by atoms with Gasteiger partial charge in [0.2, 0.25) is 0 Å². The van der Waals surface area contributed by atoms with E-state index in [1.165, 1.54) is 47.1 Å². The van der Waals surface area contributed by atoms with Crippen LogP contribution in [0.1, 0.15) is 17.0 Å². The fraction of sp³-hybridized carbons (Fsp3) is 0.120. The Morgan fingerprint density at radius 2 is 1.53 bits per heavy atom. The maximum atomic E-state index is 13.4. The van der Waals surface area contributed by atoms with E-state index in [4.69, 9.17) is 0 Å². The smallest absolute Gasteiger partial charge is 0.251 e. The topological polar surface area (TPSA) is 56.0 Å². The van der Waals surface area contributed by atoms with Gasteiger partial charge in [-0.1, -0.05) is 18.2 Å². The molecule has 5 nitrogen and oxygen atoms in total. The van der Waals surface area contributed by atoms with E-state index in [0.29, 0.717) is 28.0 Å². The van der Waals surface area contributed by atoms with Crippen LogP contribution in [0.15, 0.2) is 73.1 Å². The summed E-state index contributed by atoms with van der Waals surface area (Å²) in [6.07, 6.45) is -6.62. The largest absolute Gasteiger partial charge is 0.434 e. The van der Waals surface area contributed by atoms with Gasteiger partial charge in [0.1, 0.15) is 5.69 Å². The molecule has 0 aliphatic rings. The Kier molecular flexibility index (Phi) is 5.50. The minimum Gasteiger partial charge on any atom is -0.251 e. The maximum Gasteiger partial charge on any atom is 0.434 e. The second-order valence-corrected chi connectivity index (χ2v) is 7.98. The number of fused-ring (bicyclic) bond motifs is 1. The van der Waals surface area contributed by atoms with Crippen LogP contribution in [0, 0.1) is 6.92 Å². The predicted octanol–water partition coefficient (Wildman–Crippen LogP) is 6.87. The average molecular weight is 499 g/mol. The number of alkyl halides is 6. The third-order valence-electron chi connectivity index (χ3n) is 5.52. The van der Waals surface area contributed by atoms with E-state index < -0.39 is 23.7 Å². The number of imidazole rings is 1. The second kappa shape index (κ2) is 8.43. The SMILES string of the molecule is Cc1ccc(-c2cn3nc(-c4cccnc4C(F)(F)F)ccc3n2)cc1-c1cccc(C(F)(F)F)n1. The molecule has 4 heterocycles. The summed E-state index contributed by atoms with van der Waals surface area (Å²) in [4.78, 5) is 11.7. The van der Waals surface area contributed by atoms with E-state index in [2.05, 4.69) is 20.1 Å². The fourth-order valence-corrected chi connectivity index (χ4v) is 3.80. The minimum absolute atomic E-state index is 0.0598. The van der Waals surface area contributed by atoms with Crippen LogP contribution >= 0.6 is 0 Å². The van der Waals surface area contributed by atoms with Gasteiger partial charge in [0, 0.05) is 22.9 Å². The van der Waals surface area contributed by atoms with Crippen molar-refractivity contribution in [2.75, 3.05) is 0 Å². The fourth-order valence-electron chi connectivity index (χ4n) is 3.80. The van der Waals surface area contributed by atoms with E-state index in [1.807, 2.05) is 0 Å². The first kappa shape index (κ1) is 23.5. The molecule has 11 heteroatoms. The molecule has 0 fully saturated rings. The van der Waals surface area contributed by atoms with Crippen LogP contribution in [0.2, 0.25) is 0 Å². The maximum absolute atomic E-state index is 13.4. The number of rotatable bonds is 3. The van der Waals surface area contributed by atoms with Crippen molar-refractivity contribution in [2.45, 2.75) is 19.3 Å². The van der Waals surface area contributed by atoms with Crippen LogP contribution < -0.4 is 0 Å². The second-order valence-electron chi connectivity index (χ2n) is 7.98. The van der Waals surface area contributed by atoms with Crippen LogP contribution in [0.25, 0.3) is 39.4 Å². The van der Waals surface area contributed by atoms with Gasteiger partial charge in [-0.25, -0.2) is 14.5 Å². The van der Waals surface area contributed by atoms with Crippen molar-refractivity contribution in [1.82, 2.24) is 24.6 Å². The van der Waals surface area contributed by atoms with Crippen LogP contribution in [-0.4, -0.2) is 24.6 Å². The molecule has 0 unspecified atom stereocenters. The number of aryl methyl sites for hydroxylation is 1. The number of hydrogen-bond acceptors (Lipinski definition) is 4. The Morgan fingerprint density at radius 3 is 2.28 bits per heavy atom.